The third-order valence-corrected chi connectivity index (χ3v) is 4.29. The Kier molecular flexibility index (Phi) is 4.06. The molecule has 1 fully saturated rings. The number of nitrogens with one attached hydrogen (secondary N) is 1. The minimum absolute atomic E-state index is 0.249. The molecule has 0 bridgehead atoms. The molecule has 0 radical (unpaired) electrons. The van der Waals surface area contributed by atoms with Crippen molar-refractivity contribution >= 4 is 22.7 Å². The fourth-order valence-electron chi connectivity index (χ4n) is 3.04. The Bertz CT molecular complexity index is 798. The van der Waals surface area contributed by atoms with Crippen molar-refractivity contribution in [2.45, 2.75) is 31.7 Å². The first-order valence-corrected chi connectivity index (χ1v) is 7.64. The number of rotatable bonds is 4. The molecule has 3 rings (SSSR count). The number of fused-ring (bicyclic) bond motifs is 1. The summed E-state index contributed by atoms with van der Waals surface area (Å²) in [5.74, 6) is -2.52. The molecule has 2 heterocycles. The van der Waals surface area contributed by atoms with Gasteiger partial charge in [0.25, 0.3) is 0 Å². The number of amides is 1. The lowest BCUT2D eigenvalue weighted by Gasteiger charge is -2.10. The average molecular weight is 311 g/mol. The molecule has 1 N–H and O–H groups in total. The predicted octanol–water partition coefficient (Wildman–Crippen LogP) is 1.61. The smallest absolute Gasteiger partial charge is 0.245 e. The van der Waals surface area contributed by atoms with Crippen molar-refractivity contribution in [3.05, 3.63) is 24.0 Å². The molecule has 0 unspecified atom stereocenters. The van der Waals surface area contributed by atoms with E-state index in [2.05, 4.69) is 15.4 Å². The molecule has 7 nitrogen and oxygen atoms in total. The van der Waals surface area contributed by atoms with Gasteiger partial charge < -0.3 is 5.32 Å². The zero-order valence-electron chi connectivity index (χ0n) is 12.8. The van der Waals surface area contributed by atoms with Gasteiger partial charge in [0.2, 0.25) is 5.91 Å². The van der Waals surface area contributed by atoms with Gasteiger partial charge in [0.15, 0.2) is 17.3 Å². The molecule has 0 aliphatic heterocycles. The summed E-state index contributed by atoms with van der Waals surface area (Å²) in [7, 11) is 1.40. The average Bonchev–Trinajstić information content (AvgIpc) is 3.23. The fraction of sp³-hybridized carbons (Fsp3) is 0.438. The van der Waals surface area contributed by atoms with Crippen molar-refractivity contribution in [1.29, 1.82) is 5.26 Å². The Labute approximate surface area is 133 Å². The number of carbonyl (C=O) groups excluding carboxylic acids is 2. The number of ketones is 1. The number of pyridine rings is 1. The highest BCUT2D eigenvalue weighted by Crippen LogP contribution is 2.31. The molecule has 0 spiro atoms. The van der Waals surface area contributed by atoms with Crippen LogP contribution < -0.4 is 5.32 Å². The van der Waals surface area contributed by atoms with Crippen LogP contribution in [0.2, 0.25) is 0 Å². The molecule has 2 aromatic heterocycles. The third-order valence-electron chi connectivity index (χ3n) is 4.29. The Hall–Kier alpha value is -2.75. The van der Waals surface area contributed by atoms with Crippen molar-refractivity contribution in [2.75, 3.05) is 7.05 Å². The highest BCUT2D eigenvalue weighted by atomic mass is 16.2. The maximum Gasteiger partial charge on any atom is 0.245 e. The van der Waals surface area contributed by atoms with Crippen LogP contribution >= 0.6 is 0 Å². The number of hydrogen-bond acceptors (Lipinski definition) is 5. The highest BCUT2D eigenvalue weighted by Gasteiger charge is 2.27. The fourth-order valence-corrected chi connectivity index (χ4v) is 3.04. The van der Waals surface area contributed by atoms with Gasteiger partial charge in [-0.2, -0.15) is 10.4 Å². The summed E-state index contributed by atoms with van der Waals surface area (Å²) >= 11 is 0. The standard InChI is InChI=1S/C16H17N5O2/c1-18-16(23)13(7-17)14(22)10-6-11-9-20-21(15(11)19-8-10)12-4-2-3-5-12/h6,8-9,12-13H,2-5H2,1H3,(H,18,23)/t13-/m0/s1. The van der Waals surface area contributed by atoms with Gasteiger partial charge in [-0.3, -0.25) is 9.59 Å². The van der Waals surface area contributed by atoms with Gasteiger partial charge in [-0.1, -0.05) is 12.8 Å². The molecule has 1 aliphatic carbocycles. The van der Waals surface area contributed by atoms with E-state index in [1.165, 1.54) is 26.1 Å². The van der Waals surface area contributed by atoms with Crippen LogP contribution in [0.15, 0.2) is 18.5 Å². The third kappa shape index (κ3) is 2.68. The topological polar surface area (TPSA) is 101 Å². The number of hydrogen-bond donors (Lipinski definition) is 1. The second kappa shape index (κ2) is 6.16. The van der Waals surface area contributed by atoms with Gasteiger partial charge in [-0.15, -0.1) is 0 Å². The first-order valence-electron chi connectivity index (χ1n) is 7.64. The summed E-state index contributed by atoms with van der Waals surface area (Å²) in [4.78, 5) is 28.3. The molecular formula is C16H17N5O2. The maximum atomic E-state index is 12.3. The Morgan fingerprint density at radius 3 is 2.78 bits per heavy atom. The van der Waals surface area contributed by atoms with Crippen molar-refractivity contribution in [3.8, 4) is 6.07 Å². The maximum absolute atomic E-state index is 12.3. The largest absolute Gasteiger partial charge is 0.358 e. The molecule has 118 valence electrons. The number of nitriles is 1. The first kappa shape index (κ1) is 15.2. The van der Waals surface area contributed by atoms with E-state index in [1.54, 1.807) is 18.3 Å². The van der Waals surface area contributed by atoms with E-state index in [1.807, 2.05) is 4.68 Å². The second-order valence-corrected chi connectivity index (χ2v) is 5.70. The first-order chi connectivity index (χ1) is 11.2. The Morgan fingerprint density at radius 2 is 2.13 bits per heavy atom. The minimum Gasteiger partial charge on any atom is -0.358 e. The molecular weight excluding hydrogens is 294 g/mol. The molecule has 1 amide bonds. The van der Waals surface area contributed by atoms with Gasteiger partial charge in [-0.05, 0) is 18.9 Å². The van der Waals surface area contributed by atoms with Crippen LogP contribution in [-0.2, 0) is 4.79 Å². The SMILES string of the molecule is CNC(=O)[C@@H](C#N)C(=O)c1cnc2c(cnn2C2CCCC2)c1. The lowest BCUT2D eigenvalue weighted by Crippen LogP contribution is -2.32. The monoisotopic (exact) mass is 311 g/mol. The molecule has 1 aliphatic rings. The summed E-state index contributed by atoms with van der Waals surface area (Å²) in [6.45, 7) is 0. The Morgan fingerprint density at radius 1 is 1.39 bits per heavy atom. The predicted molar refractivity (Wildman–Crippen MR) is 82.5 cm³/mol. The van der Waals surface area contributed by atoms with E-state index >= 15 is 0 Å². The van der Waals surface area contributed by atoms with Crippen LogP contribution in [0, 0.1) is 17.2 Å². The molecule has 23 heavy (non-hydrogen) atoms. The summed E-state index contributed by atoms with van der Waals surface area (Å²) in [5.41, 5.74) is 0.987. The van der Waals surface area contributed by atoms with E-state index in [9.17, 15) is 9.59 Å². The minimum atomic E-state index is -1.36. The quantitative estimate of drug-likeness (QED) is 0.683. The zero-order valence-corrected chi connectivity index (χ0v) is 12.8. The summed E-state index contributed by atoms with van der Waals surface area (Å²) < 4.78 is 1.91. The van der Waals surface area contributed by atoms with E-state index in [4.69, 9.17) is 5.26 Å². The van der Waals surface area contributed by atoms with Crippen LogP contribution in [0.3, 0.4) is 0 Å². The van der Waals surface area contributed by atoms with Gasteiger partial charge >= 0.3 is 0 Å². The van der Waals surface area contributed by atoms with Gasteiger partial charge in [-0.25, -0.2) is 9.67 Å². The van der Waals surface area contributed by atoms with Crippen molar-refractivity contribution in [2.24, 2.45) is 5.92 Å². The van der Waals surface area contributed by atoms with Crippen molar-refractivity contribution in [3.63, 3.8) is 0 Å². The lowest BCUT2D eigenvalue weighted by molar-refractivity contribution is -0.121. The summed E-state index contributed by atoms with van der Waals surface area (Å²) in [5, 5.41) is 16.5. The van der Waals surface area contributed by atoms with Crippen LogP contribution in [0.1, 0.15) is 42.1 Å². The van der Waals surface area contributed by atoms with Gasteiger partial charge in [0.05, 0.1) is 18.3 Å². The molecule has 0 saturated heterocycles. The van der Waals surface area contributed by atoms with E-state index in [0.717, 1.165) is 23.9 Å². The number of aromatic nitrogens is 3. The van der Waals surface area contributed by atoms with Crippen molar-refractivity contribution < 1.29 is 9.59 Å². The highest BCUT2D eigenvalue weighted by molar-refractivity contribution is 6.12. The molecule has 1 saturated carbocycles. The lowest BCUT2D eigenvalue weighted by atomic mass is 9.99. The number of nitrogens with zero attached hydrogens (tertiary/aromatic N) is 4. The van der Waals surface area contributed by atoms with Gasteiger partial charge in [0.1, 0.15) is 0 Å². The van der Waals surface area contributed by atoms with Crippen LogP contribution in [0.25, 0.3) is 11.0 Å². The number of Topliss-reactive ketones (excluding diaryl/α,β-unsaturated/α-hetero) is 1. The van der Waals surface area contributed by atoms with E-state index < -0.39 is 17.6 Å². The summed E-state index contributed by atoms with van der Waals surface area (Å²) in [6.07, 6.45) is 7.67. The van der Waals surface area contributed by atoms with Crippen LogP contribution in [-0.4, -0.2) is 33.5 Å². The normalized spacial score (nSPS) is 16.2. The zero-order chi connectivity index (χ0) is 16.4. The van der Waals surface area contributed by atoms with Crippen molar-refractivity contribution in [1.82, 2.24) is 20.1 Å². The van der Waals surface area contributed by atoms with E-state index in [-0.39, 0.29) is 5.56 Å². The van der Waals surface area contributed by atoms with Crippen LogP contribution in [0.5, 0.6) is 0 Å². The van der Waals surface area contributed by atoms with E-state index in [0.29, 0.717) is 6.04 Å². The van der Waals surface area contributed by atoms with Gasteiger partial charge in [0, 0.05) is 24.2 Å². The molecule has 1 atom stereocenters. The molecule has 7 heteroatoms. The van der Waals surface area contributed by atoms with Crippen LogP contribution in [0.4, 0.5) is 0 Å². The Balaban J connectivity index is 1.93. The number of carbonyl (C=O) groups is 2. The molecule has 2 aromatic rings. The molecule has 0 aromatic carbocycles. The second-order valence-electron chi connectivity index (χ2n) is 5.70. The summed E-state index contributed by atoms with van der Waals surface area (Å²) in [6, 6.07) is 3.75.